The van der Waals surface area contributed by atoms with Gasteiger partial charge in [-0.25, -0.2) is 0 Å². The number of thiophene rings is 1. The van der Waals surface area contributed by atoms with Gasteiger partial charge < -0.3 is 15.2 Å². The fourth-order valence-corrected chi connectivity index (χ4v) is 4.89. The van der Waals surface area contributed by atoms with E-state index in [1.807, 2.05) is 58.9 Å². The van der Waals surface area contributed by atoms with Crippen LogP contribution >= 0.6 is 11.3 Å². The van der Waals surface area contributed by atoms with Gasteiger partial charge in [-0.1, -0.05) is 48.5 Å². The topological polar surface area (TPSA) is 65.2 Å². The highest BCUT2D eigenvalue weighted by Gasteiger charge is 2.29. The largest absolute Gasteiger partial charge is 0.361 e. The van der Waals surface area contributed by atoms with Crippen molar-refractivity contribution in [2.24, 2.45) is 0 Å². The van der Waals surface area contributed by atoms with Crippen LogP contribution in [0.15, 0.2) is 72.2 Å². The van der Waals surface area contributed by atoms with Gasteiger partial charge in [0.05, 0.1) is 4.88 Å². The van der Waals surface area contributed by atoms with Crippen LogP contribution in [-0.2, 0) is 24.2 Å². The highest BCUT2D eigenvalue weighted by Crippen LogP contribution is 2.23. The number of para-hydroxylation sites is 1. The summed E-state index contributed by atoms with van der Waals surface area (Å²) in [6.45, 7) is 1.24. The molecule has 0 radical (unpaired) electrons. The van der Waals surface area contributed by atoms with Crippen molar-refractivity contribution in [2.75, 3.05) is 6.54 Å². The molecule has 0 bridgehead atoms. The molecule has 0 saturated heterocycles. The molecule has 0 aliphatic carbocycles. The Labute approximate surface area is 184 Å². The molecule has 3 heterocycles. The number of carbonyl (C=O) groups excluding carboxylic acids is 2. The third-order valence-electron chi connectivity index (χ3n) is 5.89. The smallest absolute Gasteiger partial charge is 0.262 e. The lowest BCUT2D eigenvalue weighted by Crippen LogP contribution is -2.50. The maximum Gasteiger partial charge on any atom is 0.262 e. The van der Waals surface area contributed by atoms with Gasteiger partial charge in [0.2, 0.25) is 5.91 Å². The molecule has 0 saturated carbocycles. The van der Waals surface area contributed by atoms with Gasteiger partial charge in [-0.05, 0) is 40.6 Å². The Balaban J connectivity index is 1.42. The Bertz CT molecular complexity index is 1230. The Kier molecular flexibility index (Phi) is 5.30. The van der Waals surface area contributed by atoms with Crippen LogP contribution in [0.1, 0.15) is 26.4 Å². The van der Waals surface area contributed by atoms with Gasteiger partial charge in [0.15, 0.2) is 0 Å². The lowest BCUT2D eigenvalue weighted by molar-refractivity contribution is -0.134. The minimum absolute atomic E-state index is 0.0373. The van der Waals surface area contributed by atoms with E-state index >= 15 is 0 Å². The minimum Gasteiger partial charge on any atom is -0.361 e. The lowest BCUT2D eigenvalue weighted by Gasteiger charge is -2.32. The summed E-state index contributed by atoms with van der Waals surface area (Å²) >= 11 is 1.38. The monoisotopic (exact) mass is 429 g/mol. The molecule has 5 nitrogen and oxygen atoms in total. The van der Waals surface area contributed by atoms with E-state index in [0.29, 0.717) is 24.4 Å². The summed E-state index contributed by atoms with van der Waals surface area (Å²) in [5, 5.41) is 5.96. The van der Waals surface area contributed by atoms with Gasteiger partial charge in [0, 0.05) is 36.6 Å². The molecular formula is C25H23N3O2S. The zero-order valence-electron chi connectivity index (χ0n) is 17.0. The normalized spacial score (nSPS) is 14.3. The number of H-pyrrole nitrogens is 1. The summed E-state index contributed by atoms with van der Waals surface area (Å²) in [6.07, 6.45) is 3.21. The zero-order valence-corrected chi connectivity index (χ0v) is 17.8. The molecule has 1 aliphatic rings. The highest BCUT2D eigenvalue weighted by atomic mass is 32.1. The lowest BCUT2D eigenvalue weighted by atomic mass is 9.98. The first kappa shape index (κ1) is 19.6. The molecule has 1 aliphatic heterocycles. The highest BCUT2D eigenvalue weighted by molar-refractivity contribution is 7.12. The number of nitrogens with zero attached hydrogens (tertiary/aromatic N) is 1. The minimum atomic E-state index is -0.626. The van der Waals surface area contributed by atoms with Gasteiger partial charge in [0.1, 0.15) is 6.04 Å². The summed E-state index contributed by atoms with van der Waals surface area (Å²) in [4.78, 5) is 32.1. The van der Waals surface area contributed by atoms with Crippen molar-refractivity contribution in [1.29, 1.82) is 0 Å². The first-order valence-corrected chi connectivity index (χ1v) is 11.3. The van der Waals surface area contributed by atoms with E-state index in [9.17, 15) is 9.59 Å². The first-order chi connectivity index (χ1) is 15.2. The van der Waals surface area contributed by atoms with Gasteiger partial charge >= 0.3 is 0 Å². The van der Waals surface area contributed by atoms with Gasteiger partial charge in [-0.2, -0.15) is 0 Å². The average molecular weight is 430 g/mol. The van der Waals surface area contributed by atoms with Crippen LogP contribution in [-0.4, -0.2) is 34.3 Å². The molecule has 2 N–H and O–H groups in total. The summed E-state index contributed by atoms with van der Waals surface area (Å²) < 4.78 is 0. The average Bonchev–Trinajstić information content (AvgIpc) is 3.48. The summed E-state index contributed by atoms with van der Waals surface area (Å²) in [7, 11) is 0. The maximum atomic E-state index is 13.6. The van der Waals surface area contributed by atoms with E-state index in [1.54, 1.807) is 6.07 Å². The van der Waals surface area contributed by atoms with E-state index in [0.717, 1.165) is 22.9 Å². The van der Waals surface area contributed by atoms with Crippen LogP contribution in [0.2, 0.25) is 0 Å². The van der Waals surface area contributed by atoms with E-state index in [1.165, 1.54) is 22.5 Å². The maximum absolute atomic E-state index is 13.6. The van der Waals surface area contributed by atoms with Crippen molar-refractivity contribution < 1.29 is 9.59 Å². The molecule has 0 fully saturated rings. The molecule has 2 aromatic heterocycles. The van der Waals surface area contributed by atoms with Gasteiger partial charge in [-0.3, -0.25) is 9.59 Å². The van der Waals surface area contributed by atoms with Crippen LogP contribution in [0.25, 0.3) is 10.9 Å². The second-order valence-electron chi connectivity index (χ2n) is 7.85. The molecule has 1 unspecified atom stereocenters. The number of nitrogens with one attached hydrogen (secondary N) is 2. The van der Waals surface area contributed by atoms with Crippen LogP contribution < -0.4 is 5.32 Å². The Morgan fingerprint density at radius 3 is 2.68 bits per heavy atom. The number of aromatic nitrogens is 1. The van der Waals surface area contributed by atoms with E-state index in [4.69, 9.17) is 0 Å². The molecule has 2 amide bonds. The van der Waals surface area contributed by atoms with Crippen LogP contribution in [0.3, 0.4) is 0 Å². The fraction of sp³-hybridized carbons (Fsp3) is 0.200. The van der Waals surface area contributed by atoms with E-state index in [2.05, 4.69) is 22.4 Å². The number of benzene rings is 2. The molecule has 1 atom stereocenters. The second-order valence-corrected chi connectivity index (χ2v) is 8.79. The molecular weight excluding hydrogens is 406 g/mol. The predicted molar refractivity (Wildman–Crippen MR) is 123 cm³/mol. The Morgan fingerprint density at radius 1 is 1.03 bits per heavy atom. The van der Waals surface area contributed by atoms with Crippen molar-refractivity contribution >= 4 is 34.1 Å². The number of hydrogen-bond acceptors (Lipinski definition) is 3. The molecule has 0 spiro atoms. The van der Waals surface area contributed by atoms with Gasteiger partial charge in [0.25, 0.3) is 5.91 Å². The van der Waals surface area contributed by atoms with Crippen molar-refractivity contribution in [1.82, 2.24) is 15.2 Å². The Morgan fingerprint density at radius 2 is 1.84 bits per heavy atom. The fourth-order valence-electron chi connectivity index (χ4n) is 4.26. The van der Waals surface area contributed by atoms with E-state index in [-0.39, 0.29) is 11.8 Å². The molecule has 6 heteroatoms. The van der Waals surface area contributed by atoms with Crippen LogP contribution in [0.5, 0.6) is 0 Å². The van der Waals surface area contributed by atoms with Crippen molar-refractivity contribution in [3.63, 3.8) is 0 Å². The number of fused-ring (bicyclic) bond motifs is 2. The van der Waals surface area contributed by atoms with Crippen LogP contribution in [0, 0.1) is 0 Å². The number of amides is 2. The molecule has 4 aromatic rings. The molecule has 156 valence electrons. The summed E-state index contributed by atoms with van der Waals surface area (Å²) in [5.41, 5.74) is 4.53. The SMILES string of the molecule is O=C(NC(Cc1c[nH]c2ccccc12)C(=O)N1CCc2ccccc2C1)c1cccs1. The second kappa shape index (κ2) is 8.40. The van der Waals surface area contributed by atoms with Crippen molar-refractivity contribution in [3.05, 3.63) is 93.8 Å². The first-order valence-electron chi connectivity index (χ1n) is 10.4. The third-order valence-corrected chi connectivity index (χ3v) is 6.76. The van der Waals surface area contributed by atoms with Gasteiger partial charge in [-0.15, -0.1) is 11.3 Å². The van der Waals surface area contributed by atoms with Crippen LogP contribution in [0.4, 0.5) is 0 Å². The molecule has 2 aromatic carbocycles. The third kappa shape index (κ3) is 3.99. The number of hydrogen-bond donors (Lipinski definition) is 2. The number of rotatable bonds is 5. The van der Waals surface area contributed by atoms with E-state index < -0.39 is 6.04 Å². The number of aromatic amines is 1. The Hall–Kier alpha value is -3.38. The molecule has 31 heavy (non-hydrogen) atoms. The van der Waals surface area contributed by atoms with Crippen molar-refractivity contribution in [3.8, 4) is 0 Å². The standard InChI is InChI=1S/C25H23N3O2S/c29-24(23-10-5-13-31-23)27-22(14-19-15-26-21-9-4-3-8-20(19)21)25(30)28-12-11-17-6-1-2-7-18(17)16-28/h1-10,13,15,22,26H,11-12,14,16H2,(H,27,29). The predicted octanol–water partition coefficient (Wildman–Crippen LogP) is 4.16. The quantitative estimate of drug-likeness (QED) is 0.500. The van der Waals surface area contributed by atoms with Crippen molar-refractivity contribution in [2.45, 2.75) is 25.4 Å². The summed E-state index contributed by atoms with van der Waals surface area (Å²) in [6, 6.07) is 19.3. The molecule has 5 rings (SSSR count). The number of carbonyl (C=O) groups is 2. The zero-order chi connectivity index (χ0) is 21.2. The summed E-state index contributed by atoms with van der Waals surface area (Å²) in [5.74, 6) is -0.240.